The normalized spacial score (nSPS) is 16.1. The lowest BCUT2D eigenvalue weighted by Gasteiger charge is -2.37. The zero-order valence-corrected chi connectivity index (χ0v) is 16.6. The molecule has 0 bridgehead atoms. The summed E-state index contributed by atoms with van der Waals surface area (Å²) in [5.41, 5.74) is 0.808. The third kappa shape index (κ3) is 4.54. The maximum Gasteiger partial charge on any atom is 0.407 e. The molecule has 3 rings (SSSR count). The third-order valence-electron chi connectivity index (χ3n) is 5.44. The molecule has 2 aromatic rings. The highest BCUT2D eigenvalue weighted by atomic mass is 35.5. The smallest absolute Gasteiger partial charge is 0.407 e. The largest absolute Gasteiger partial charge is 0.465 e. The van der Waals surface area contributed by atoms with Crippen molar-refractivity contribution < 1.29 is 14.7 Å². The lowest BCUT2D eigenvalue weighted by Crippen LogP contribution is -2.49. The minimum atomic E-state index is -1.07. The number of anilines is 1. The fourth-order valence-corrected chi connectivity index (χ4v) is 4.07. The number of nitrogens with zero attached hydrogens (tertiary/aromatic N) is 3. The first-order chi connectivity index (χ1) is 13.5. The van der Waals surface area contributed by atoms with Crippen molar-refractivity contribution in [3.8, 4) is 0 Å². The van der Waals surface area contributed by atoms with Crippen LogP contribution >= 0.6 is 11.6 Å². The molecule has 0 aliphatic carbocycles. The van der Waals surface area contributed by atoms with Gasteiger partial charge in [-0.1, -0.05) is 23.7 Å². The number of hydrogen-bond donors (Lipinski definition) is 2. The number of aldehydes is 1. The molecular formula is C20H25ClN4O3. The first kappa shape index (κ1) is 20.4. The summed E-state index contributed by atoms with van der Waals surface area (Å²) in [6, 6.07) is 9.83. The molecule has 0 radical (unpaired) electrons. The molecule has 1 atom stereocenters. The van der Waals surface area contributed by atoms with Gasteiger partial charge in [-0.05, 0) is 44.0 Å². The van der Waals surface area contributed by atoms with E-state index in [2.05, 4.69) is 10.2 Å². The number of benzene rings is 1. The Morgan fingerprint density at radius 2 is 2.14 bits per heavy atom. The quantitative estimate of drug-likeness (QED) is 0.690. The van der Waals surface area contributed by atoms with Gasteiger partial charge in [-0.2, -0.15) is 0 Å². The van der Waals surface area contributed by atoms with Crippen LogP contribution in [0.5, 0.6) is 0 Å². The molecule has 7 nitrogen and oxygen atoms in total. The van der Waals surface area contributed by atoms with E-state index in [4.69, 9.17) is 16.6 Å². The number of para-hydroxylation sites is 1. The number of pyridine rings is 1. The van der Waals surface area contributed by atoms with Crippen molar-refractivity contribution in [3.63, 3.8) is 0 Å². The summed E-state index contributed by atoms with van der Waals surface area (Å²) < 4.78 is 0. The zero-order valence-electron chi connectivity index (χ0n) is 15.8. The Morgan fingerprint density at radius 3 is 2.79 bits per heavy atom. The fourth-order valence-electron chi connectivity index (χ4n) is 3.84. The second kappa shape index (κ2) is 9.21. The van der Waals surface area contributed by atoms with Crippen LogP contribution in [-0.4, -0.2) is 66.6 Å². The van der Waals surface area contributed by atoms with Gasteiger partial charge in [-0.15, -0.1) is 0 Å². The number of carboxylic acid groups (broad SMARTS) is 1. The number of piperidine rings is 1. The number of amides is 1. The topological polar surface area (TPSA) is 85.8 Å². The van der Waals surface area contributed by atoms with Gasteiger partial charge in [-0.25, -0.2) is 9.78 Å². The zero-order chi connectivity index (χ0) is 20.1. The average Bonchev–Trinajstić information content (AvgIpc) is 2.71. The van der Waals surface area contributed by atoms with Gasteiger partial charge >= 0.3 is 6.09 Å². The highest BCUT2D eigenvalue weighted by Gasteiger charge is 2.28. The van der Waals surface area contributed by atoms with Crippen LogP contribution in [0.4, 0.5) is 10.6 Å². The van der Waals surface area contributed by atoms with E-state index in [9.17, 15) is 14.7 Å². The lowest BCUT2D eigenvalue weighted by molar-refractivity contribution is -0.108. The summed E-state index contributed by atoms with van der Waals surface area (Å²) in [7, 11) is 1.84. The molecule has 150 valence electrons. The molecule has 8 heteroatoms. The Kier molecular flexibility index (Phi) is 6.70. The van der Waals surface area contributed by atoms with E-state index < -0.39 is 6.09 Å². The summed E-state index contributed by atoms with van der Waals surface area (Å²) >= 11 is 6.28. The summed E-state index contributed by atoms with van der Waals surface area (Å²) in [5.74, 6) is 1.24. The van der Waals surface area contributed by atoms with Gasteiger partial charge in [0.25, 0.3) is 0 Å². The molecule has 1 amide bonds. The third-order valence-corrected chi connectivity index (χ3v) is 5.75. The van der Waals surface area contributed by atoms with Crippen molar-refractivity contribution >= 4 is 40.7 Å². The molecule has 0 spiro atoms. The van der Waals surface area contributed by atoms with Gasteiger partial charge < -0.3 is 20.1 Å². The Labute approximate surface area is 169 Å². The lowest BCUT2D eigenvalue weighted by atomic mass is 9.89. The number of fused-ring (bicyclic) bond motifs is 1. The van der Waals surface area contributed by atoms with Gasteiger partial charge in [0.2, 0.25) is 0 Å². The first-order valence-corrected chi connectivity index (χ1v) is 9.80. The number of carbonyl (C=O) groups is 2. The molecule has 1 unspecified atom stereocenters. The number of aromatic nitrogens is 1. The van der Waals surface area contributed by atoms with Crippen LogP contribution in [0.2, 0.25) is 5.02 Å². The van der Waals surface area contributed by atoms with Crippen molar-refractivity contribution in [1.29, 1.82) is 0 Å². The van der Waals surface area contributed by atoms with Crippen molar-refractivity contribution in [2.45, 2.75) is 18.9 Å². The predicted molar refractivity (Wildman–Crippen MR) is 110 cm³/mol. The SMILES string of the molecule is CNC(CN(CC=O)C(=O)O)C1CCN(c2ccc3cccc(Cl)c3n2)CC1. The predicted octanol–water partition coefficient (Wildman–Crippen LogP) is 2.87. The van der Waals surface area contributed by atoms with E-state index in [0.717, 1.165) is 47.6 Å². The van der Waals surface area contributed by atoms with E-state index in [1.54, 1.807) is 0 Å². The monoisotopic (exact) mass is 404 g/mol. The molecule has 1 fully saturated rings. The van der Waals surface area contributed by atoms with E-state index >= 15 is 0 Å². The van der Waals surface area contributed by atoms with Crippen molar-refractivity contribution in [2.75, 3.05) is 38.1 Å². The first-order valence-electron chi connectivity index (χ1n) is 9.42. The van der Waals surface area contributed by atoms with Crippen LogP contribution in [0.1, 0.15) is 12.8 Å². The second-order valence-corrected chi connectivity index (χ2v) is 7.46. The van der Waals surface area contributed by atoms with Gasteiger partial charge in [0.1, 0.15) is 12.1 Å². The van der Waals surface area contributed by atoms with Crippen LogP contribution < -0.4 is 10.2 Å². The van der Waals surface area contributed by atoms with E-state index in [1.165, 1.54) is 0 Å². The van der Waals surface area contributed by atoms with Gasteiger partial charge in [0.05, 0.1) is 17.1 Å². The minimum absolute atomic E-state index is 0.0113. The molecule has 28 heavy (non-hydrogen) atoms. The Morgan fingerprint density at radius 1 is 1.39 bits per heavy atom. The fraction of sp³-hybridized carbons (Fsp3) is 0.450. The summed E-state index contributed by atoms with van der Waals surface area (Å²) in [6.45, 7) is 1.88. The van der Waals surface area contributed by atoms with Crippen LogP contribution in [0.3, 0.4) is 0 Å². The standard InChI is InChI=1S/C20H25ClN4O3/c1-22-17(13-25(11-12-26)20(27)28)14-7-9-24(10-8-14)18-6-5-15-3-2-4-16(21)19(15)23-18/h2-6,12,14,17,22H,7-11,13H2,1H3,(H,27,28). The van der Waals surface area contributed by atoms with Crippen LogP contribution in [0, 0.1) is 5.92 Å². The van der Waals surface area contributed by atoms with E-state index in [0.29, 0.717) is 23.8 Å². The molecule has 1 aromatic heterocycles. The molecule has 1 aliphatic heterocycles. The summed E-state index contributed by atoms with van der Waals surface area (Å²) in [6.07, 6.45) is 1.40. The number of likely N-dealkylation sites (N-methyl/N-ethyl adjacent to an activating group) is 1. The van der Waals surface area contributed by atoms with E-state index in [-0.39, 0.29) is 12.6 Å². The number of rotatable bonds is 7. The Balaban J connectivity index is 1.65. The van der Waals surface area contributed by atoms with Gasteiger partial charge in [-0.3, -0.25) is 4.90 Å². The molecule has 1 saturated heterocycles. The number of nitrogens with one attached hydrogen (secondary N) is 1. The summed E-state index contributed by atoms with van der Waals surface area (Å²) in [4.78, 5) is 30.2. The summed E-state index contributed by atoms with van der Waals surface area (Å²) in [5, 5.41) is 14.2. The molecule has 2 heterocycles. The molecule has 0 saturated carbocycles. The highest BCUT2D eigenvalue weighted by molar-refractivity contribution is 6.35. The second-order valence-electron chi connectivity index (χ2n) is 7.05. The Hall–Kier alpha value is -2.38. The number of hydrogen-bond acceptors (Lipinski definition) is 5. The average molecular weight is 405 g/mol. The maximum absolute atomic E-state index is 11.3. The molecular weight excluding hydrogens is 380 g/mol. The van der Waals surface area contributed by atoms with Gasteiger partial charge in [0.15, 0.2) is 0 Å². The van der Waals surface area contributed by atoms with E-state index in [1.807, 2.05) is 37.4 Å². The minimum Gasteiger partial charge on any atom is -0.465 e. The highest BCUT2D eigenvalue weighted by Crippen LogP contribution is 2.28. The molecule has 1 aromatic carbocycles. The van der Waals surface area contributed by atoms with Crippen molar-refractivity contribution in [2.24, 2.45) is 5.92 Å². The van der Waals surface area contributed by atoms with Crippen LogP contribution in [0.25, 0.3) is 10.9 Å². The van der Waals surface area contributed by atoms with Crippen molar-refractivity contribution in [3.05, 3.63) is 35.4 Å². The van der Waals surface area contributed by atoms with Crippen LogP contribution in [0.15, 0.2) is 30.3 Å². The number of halogens is 1. The van der Waals surface area contributed by atoms with Gasteiger partial charge in [0, 0.05) is 31.1 Å². The Bertz CT molecular complexity index is 839. The number of carbonyl (C=O) groups excluding carboxylic acids is 1. The molecule has 1 aliphatic rings. The van der Waals surface area contributed by atoms with Crippen LogP contribution in [-0.2, 0) is 4.79 Å². The maximum atomic E-state index is 11.3. The van der Waals surface area contributed by atoms with Crippen molar-refractivity contribution in [1.82, 2.24) is 15.2 Å². The molecule has 2 N–H and O–H groups in total.